The van der Waals surface area contributed by atoms with E-state index in [0.717, 1.165) is 6.07 Å². The lowest BCUT2D eigenvalue weighted by Gasteiger charge is -2.16. The van der Waals surface area contributed by atoms with E-state index in [1.54, 1.807) is 26.0 Å². The molecular weight excluding hydrogens is 458 g/mol. The molecule has 3 rings (SSSR count). The number of nitrogens with two attached hydrogens (primary N) is 2. The second kappa shape index (κ2) is 9.79. The molecule has 3 aromatic rings. The molecule has 13 heteroatoms. The highest BCUT2D eigenvalue weighted by atomic mass is 19.4. The van der Waals surface area contributed by atoms with E-state index in [4.69, 9.17) is 16.4 Å². The minimum absolute atomic E-state index is 0.00398. The van der Waals surface area contributed by atoms with Crippen LogP contribution in [0.25, 0.3) is 5.69 Å². The summed E-state index contributed by atoms with van der Waals surface area (Å²) >= 11 is 0. The van der Waals surface area contributed by atoms with Gasteiger partial charge in [-0.1, -0.05) is 0 Å². The van der Waals surface area contributed by atoms with Crippen LogP contribution < -0.4 is 32.7 Å². The number of halogens is 4. The zero-order valence-corrected chi connectivity index (χ0v) is 18.1. The summed E-state index contributed by atoms with van der Waals surface area (Å²) in [4.78, 5) is 16.9. The van der Waals surface area contributed by atoms with Crippen molar-refractivity contribution in [3.05, 3.63) is 75.6 Å². The van der Waals surface area contributed by atoms with Gasteiger partial charge in [-0.2, -0.15) is 18.3 Å². The molecule has 34 heavy (non-hydrogen) atoms. The highest BCUT2D eigenvalue weighted by Gasteiger charge is 2.31. The molecule has 6 N–H and O–H groups in total. The van der Waals surface area contributed by atoms with Gasteiger partial charge in [0.2, 0.25) is 0 Å². The summed E-state index contributed by atoms with van der Waals surface area (Å²) in [6.45, 7) is 3.53. The molecule has 1 aromatic heterocycles. The van der Waals surface area contributed by atoms with E-state index < -0.39 is 23.1 Å². The summed E-state index contributed by atoms with van der Waals surface area (Å²) in [7, 11) is 0. The molecule has 0 spiro atoms. The van der Waals surface area contributed by atoms with E-state index in [9.17, 15) is 22.4 Å². The number of hydrogen-bond acceptors (Lipinski definition) is 7. The lowest BCUT2D eigenvalue weighted by molar-refractivity contribution is -0.137. The first kappa shape index (κ1) is 24.5. The average molecular weight is 479 g/mol. The Kier molecular flexibility index (Phi) is 7.05. The number of hydrazine groups is 1. The van der Waals surface area contributed by atoms with E-state index in [0.29, 0.717) is 34.7 Å². The fourth-order valence-corrected chi connectivity index (χ4v) is 3.17. The predicted octanol–water partition coefficient (Wildman–Crippen LogP) is 2.87. The second-order valence-electron chi connectivity index (χ2n) is 7.19. The van der Waals surface area contributed by atoms with Crippen molar-refractivity contribution in [1.82, 2.24) is 15.0 Å². The number of aryl methyl sites for hydroxylation is 2. The average Bonchev–Trinajstić information content (AvgIpc) is 2.77. The van der Waals surface area contributed by atoms with Crippen LogP contribution in [0, 0.1) is 19.7 Å². The number of aromatic nitrogens is 2. The van der Waals surface area contributed by atoms with Gasteiger partial charge in [-0.15, -0.1) is 0 Å². The minimum Gasteiger partial charge on any atom is -0.485 e. The van der Waals surface area contributed by atoms with Gasteiger partial charge >= 0.3 is 6.18 Å². The van der Waals surface area contributed by atoms with Gasteiger partial charge < -0.3 is 21.3 Å². The Morgan fingerprint density at radius 2 is 1.88 bits per heavy atom. The molecule has 0 saturated heterocycles. The van der Waals surface area contributed by atoms with E-state index >= 15 is 0 Å². The third-order valence-electron chi connectivity index (χ3n) is 4.79. The third-order valence-corrected chi connectivity index (χ3v) is 4.79. The standard InChI is InChI=1S/C21H21F4N7O2/c1-11-7-14(8-12(2)18(11)34-10-17(30-26)31-27)32-6-5-28-19(20(32)33)29-16-4-3-13(9-15(16)22)21(23,24)25/h3-9H,10,26-27H2,1-2H3,(H,28,29)(H,30,31). The van der Waals surface area contributed by atoms with E-state index in [-0.39, 0.29) is 23.9 Å². The number of alkyl halides is 3. The molecule has 0 fully saturated rings. The van der Waals surface area contributed by atoms with Crippen molar-refractivity contribution in [3.63, 3.8) is 0 Å². The Morgan fingerprint density at radius 3 is 2.44 bits per heavy atom. The quantitative estimate of drug-likeness (QED) is 0.141. The minimum atomic E-state index is -4.69. The predicted molar refractivity (Wildman–Crippen MR) is 118 cm³/mol. The van der Waals surface area contributed by atoms with E-state index in [1.165, 1.54) is 17.0 Å². The molecule has 0 radical (unpaired) electrons. The highest BCUT2D eigenvalue weighted by molar-refractivity contribution is 5.82. The van der Waals surface area contributed by atoms with Crippen molar-refractivity contribution < 1.29 is 22.3 Å². The van der Waals surface area contributed by atoms with Crippen LogP contribution in [0.4, 0.5) is 29.1 Å². The third kappa shape index (κ3) is 5.26. The first-order valence-corrected chi connectivity index (χ1v) is 9.74. The smallest absolute Gasteiger partial charge is 0.416 e. The first-order chi connectivity index (χ1) is 16.0. The second-order valence-corrected chi connectivity index (χ2v) is 7.19. The van der Waals surface area contributed by atoms with Gasteiger partial charge in [0.05, 0.1) is 11.3 Å². The SMILES string of the molecule is Cc1cc(-n2ccnc(Nc3ccc(C(F)(F)F)cc3F)c2=O)cc(C)c1OC/C(=N/N)NN. The van der Waals surface area contributed by atoms with Gasteiger partial charge in [0.1, 0.15) is 18.2 Å². The monoisotopic (exact) mass is 479 g/mol. The van der Waals surface area contributed by atoms with Crippen LogP contribution in [0.1, 0.15) is 16.7 Å². The van der Waals surface area contributed by atoms with Gasteiger partial charge in [0.25, 0.3) is 5.56 Å². The summed E-state index contributed by atoms with van der Waals surface area (Å²) in [5.41, 5.74) is 2.05. The topological polar surface area (TPSA) is 133 Å². The van der Waals surface area contributed by atoms with Crippen LogP contribution in [0.15, 0.2) is 52.6 Å². The fourth-order valence-electron chi connectivity index (χ4n) is 3.17. The molecule has 9 nitrogen and oxygen atoms in total. The maximum atomic E-state index is 14.2. The molecule has 180 valence electrons. The number of ether oxygens (including phenoxy) is 1. The van der Waals surface area contributed by atoms with Crippen molar-refractivity contribution >= 4 is 17.3 Å². The Labute approximate surface area is 191 Å². The van der Waals surface area contributed by atoms with Crippen LogP contribution in [0.2, 0.25) is 0 Å². The molecule has 0 saturated carbocycles. The van der Waals surface area contributed by atoms with Crippen LogP contribution >= 0.6 is 0 Å². The molecular formula is C21H21F4N7O2. The van der Waals surface area contributed by atoms with Crippen LogP contribution in [0.3, 0.4) is 0 Å². The van der Waals surface area contributed by atoms with Crippen molar-refractivity contribution in [2.45, 2.75) is 20.0 Å². The maximum Gasteiger partial charge on any atom is 0.416 e. The number of benzene rings is 2. The Hall–Kier alpha value is -4.13. The van der Waals surface area contributed by atoms with Gasteiger partial charge in [0.15, 0.2) is 11.7 Å². The molecule has 0 unspecified atom stereocenters. The number of anilines is 2. The van der Waals surface area contributed by atoms with Gasteiger partial charge in [0, 0.05) is 18.1 Å². The largest absolute Gasteiger partial charge is 0.485 e. The fraction of sp³-hybridized carbons (Fsp3) is 0.190. The van der Waals surface area contributed by atoms with Gasteiger partial charge in [-0.25, -0.2) is 15.2 Å². The van der Waals surface area contributed by atoms with E-state index in [1.807, 2.05) is 0 Å². The normalized spacial score (nSPS) is 11.9. The molecule has 0 bridgehead atoms. The molecule has 0 aliphatic heterocycles. The molecule has 0 amide bonds. The van der Waals surface area contributed by atoms with Crippen molar-refractivity contribution in [1.29, 1.82) is 0 Å². The van der Waals surface area contributed by atoms with Gasteiger partial charge in [-0.05, 0) is 55.3 Å². The Bertz CT molecular complexity index is 1270. The Morgan fingerprint density at radius 1 is 1.21 bits per heavy atom. The lowest BCUT2D eigenvalue weighted by Crippen LogP contribution is -2.35. The zero-order chi connectivity index (χ0) is 25.0. The maximum absolute atomic E-state index is 14.2. The summed E-state index contributed by atoms with van der Waals surface area (Å²) in [5.74, 6) is 9.78. The summed E-state index contributed by atoms with van der Waals surface area (Å²) in [6, 6.07) is 5.31. The zero-order valence-electron chi connectivity index (χ0n) is 18.1. The van der Waals surface area contributed by atoms with E-state index in [2.05, 4.69) is 20.8 Å². The lowest BCUT2D eigenvalue weighted by atomic mass is 10.1. The number of nitrogens with zero attached hydrogens (tertiary/aromatic N) is 3. The van der Waals surface area contributed by atoms with Crippen LogP contribution in [0.5, 0.6) is 5.75 Å². The van der Waals surface area contributed by atoms with Crippen molar-refractivity contribution in [2.24, 2.45) is 16.8 Å². The number of hydrogen-bond donors (Lipinski definition) is 4. The number of hydrazone groups is 1. The Balaban J connectivity index is 1.91. The first-order valence-electron chi connectivity index (χ1n) is 9.74. The summed E-state index contributed by atoms with van der Waals surface area (Å²) < 4.78 is 59.5. The van der Waals surface area contributed by atoms with Crippen LogP contribution in [-0.2, 0) is 6.18 Å². The van der Waals surface area contributed by atoms with Crippen molar-refractivity contribution in [2.75, 3.05) is 11.9 Å². The number of nitrogens with one attached hydrogen (secondary N) is 2. The molecule has 0 aliphatic carbocycles. The molecule has 1 heterocycles. The highest BCUT2D eigenvalue weighted by Crippen LogP contribution is 2.32. The molecule has 0 atom stereocenters. The van der Waals surface area contributed by atoms with Gasteiger partial charge in [-0.3, -0.25) is 9.36 Å². The summed E-state index contributed by atoms with van der Waals surface area (Å²) in [5, 5.41) is 5.90. The number of amidine groups is 1. The van der Waals surface area contributed by atoms with Crippen LogP contribution in [-0.4, -0.2) is 22.0 Å². The summed E-state index contributed by atoms with van der Waals surface area (Å²) in [6.07, 6.45) is -1.98. The molecule has 2 aromatic carbocycles. The molecule has 0 aliphatic rings. The number of rotatable bonds is 6. The van der Waals surface area contributed by atoms with Crippen molar-refractivity contribution in [3.8, 4) is 11.4 Å².